The molecule has 2 amide bonds. The van der Waals surface area contributed by atoms with E-state index < -0.39 is 5.91 Å². The first-order valence-corrected chi connectivity index (χ1v) is 9.91. The number of halogens is 1. The summed E-state index contributed by atoms with van der Waals surface area (Å²) in [4.78, 5) is 26.7. The molecule has 0 spiro atoms. The third-order valence-corrected chi connectivity index (χ3v) is 5.33. The summed E-state index contributed by atoms with van der Waals surface area (Å²) in [6.45, 7) is 4.38. The fraction of sp³-hybridized carbons (Fsp3) is 0.238. The van der Waals surface area contributed by atoms with Gasteiger partial charge in [0.2, 0.25) is 0 Å². The lowest BCUT2D eigenvalue weighted by Crippen LogP contribution is -2.36. The summed E-state index contributed by atoms with van der Waals surface area (Å²) in [5.74, 6) is -0.788. The van der Waals surface area contributed by atoms with Crippen molar-refractivity contribution in [2.45, 2.75) is 6.54 Å². The maximum atomic E-state index is 12.3. The van der Waals surface area contributed by atoms with Gasteiger partial charge in [-0.1, -0.05) is 28.1 Å². The third kappa shape index (κ3) is 4.16. The van der Waals surface area contributed by atoms with Crippen LogP contribution in [0.4, 0.5) is 5.69 Å². The van der Waals surface area contributed by atoms with Crippen molar-refractivity contribution in [3.63, 3.8) is 0 Å². The molecule has 0 atom stereocenters. The number of anilines is 1. The zero-order chi connectivity index (χ0) is 19.5. The molecule has 0 aliphatic carbocycles. The monoisotopic (exact) mass is 441 g/mol. The van der Waals surface area contributed by atoms with Crippen LogP contribution in [0.25, 0.3) is 5.57 Å². The van der Waals surface area contributed by atoms with E-state index in [1.54, 1.807) is 24.4 Å². The van der Waals surface area contributed by atoms with Crippen LogP contribution in [-0.2, 0) is 16.1 Å². The number of fused-ring (bicyclic) bond motifs is 1. The number of rotatable bonds is 4. The van der Waals surface area contributed by atoms with E-state index in [4.69, 9.17) is 4.74 Å². The average molecular weight is 442 g/mol. The van der Waals surface area contributed by atoms with Crippen LogP contribution in [0.5, 0.6) is 0 Å². The number of ether oxygens (including phenoxy) is 1. The van der Waals surface area contributed by atoms with Crippen molar-refractivity contribution in [1.82, 2.24) is 10.2 Å². The number of morpholine rings is 1. The number of carbonyl (C=O) groups excluding carboxylic acids is 2. The Kier molecular flexibility index (Phi) is 5.57. The number of hydrogen-bond donors (Lipinski definition) is 2. The Balaban J connectivity index is 1.49. The largest absolute Gasteiger partial charge is 0.379 e. The highest BCUT2D eigenvalue weighted by Crippen LogP contribution is 2.27. The lowest BCUT2D eigenvalue weighted by molar-refractivity contribution is -0.114. The van der Waals surface area contributed by atoms with Gasteiger partial charge in [-0.3, -0.25) is 19.8 Å². The topological polar surface area (TPSA) is 70.7 Å². The van der Waals surface area contributed by atoms with Crippen molar-refractivity contribution in [1.29, 1.82) is 0 Å². The summed E-state index contributed by atoms with van der Waals surface area (Å²) in [6.07, 6.45) is 1.64. The average Bonchev–Trinajstić information content (AvgIpc) is 2.69. The summed E-state index contributed by atoms with van der Waals surface area (Å²) >= 11 is 3.40. The molecule has 0 radical (unpaired) electrons. The summed E-state index contributed by atoms with van der Waals surface area (Å²) in [5, 5.41) is 5.55. The maximum absolute atomic E-state index is 12.3. The molecule has 0 saturated carbocycles. The number of amides is 2. The Labute approximate surface area is 171 Å². The standard InChI is InChI=1S/C21H20BrN3O3/c22-15-3-6-17-18(11-15)19(21(27)24-20(17)26)12-23-16-4-1-14(2-5-16)13-25-7-9-28-10-8-25/h1-6,11-12,23H,7-10,13H2,(H,24,26,27)/b19-12-. The van der Waals surface area contributed by atoms with Gasteiger partial charge in [-0.15, -0.1) is 0 Å². The van der Waals surface area contributed by atoms with E-state index in [0.717, 1.165) is 43.0 Å². The van der Waals surface area contributed by atoms with Gasteiger partial charge < -0.3 is 10.1 Å². The first-order valence-electron chi connectivity index (χ1n) is 9.11. The van der Waals surface area contributed by atoms with Gasteiger partial charge in [0.15, 0.2) is 0 Å². The molecule has 144 valence electrons. The molecule has 6 nitrogen and oxygen atoms in total. The van der Waals surface area contributed by atoms with Crippen LogP contribution in [-0.4, -0.2) is 43.0 Å². The second-order valence-electron chi connectivity index (χ2n) is 6.76. The lowest BCUT2D eigenvalue weighted by Gasteiger charge is -2.26. The van der Waals surface area contributed by atoms with Crippen LogP contribution >= 0.6 is 15.9 Å². The maximum Gasteiger partial charge on any atom is 0.260 e. The van der Waals surface area contributed by atoms with Crippen molar-refractivity contribution in [2.75, 3.05) is 31.6 Å². The van der Waals surface area contributed by atoms with Crippen LogP contribution in [0.15, 0.2) is 53.1 Å². The first kappa shape index (κ1) is 18.9. The second-order valence-corrected chi connectivity index (χ2v) is 7.68. The van der Waals surface area contributed by atoms with E-state index >= 15 is 0 Å². The Morgan fingerprint density at radius 2 is 1.79 bits per heavy atom. The van der Waals surface area contributed by atoms with E-state index in [1.165, 1.54) is 5.56 Å². The first-order chi connectivity index (χ1) is 13.6. The van der Waals surface area contributed by atoms with E-state index in [2.05, 4.69) is 43.6 Å². The van der Waals surface area contributed by atoms with E-state index in [9.17, 15) is 9.59 Å². The molecule has 7 heteroatoms. The highest BCUT2D eigenvalue weighted by Gasteiger charge is 2.27. The Morgan fingerprint density at radius 3 is 2.54 bits per heavy atom. The highest BCUT2D eigenvalue weighted by atomic mass is 79.9. The van der Waals surface area contributed by atoms with E-state index in [0.29, 0.717) is 16.7 Å². The van der Waals surface area contributed by atoms with Gasteiger partial charge in [0.1, 0.15) is 0 Å². The van der Waals surface area contributed by atoms with Gasteiger partial charge in [0.05, 0.1) is 18.8 Å². The van der Waals surface area contributed by atoms with Crippen LogP contribution in [0.2, 0.25) is 0 Å². The van der Waals surface area contributed by atoms with Crippen LogP contribution < -0.4 is 10.6 Å². The summed E-state index contributed by atoms with van der Waals surface area (Å²) in [5.41, 5.74) is 3.62. The normalized spacial score (nSPS) is 18.7. The molecule has 1 saturated heterocycles. The molecular weight excluding hydrogens is 422 g/mol. The van der Waals surface area contributed by atoms with Crippen LogP contribution in [0.3, 0.4) is 0 Å². The molecule has 2 aromatic carbocycles. The Bertz CT molecular complexity index is 934. The molecule has 2 aromatic rings. The fourth-order valence-electron chi connectivity index (χ4n) is 3.32. The van der Waals surface area contributed by atoms with Crippen molar-refractivity contribution in [3.8, 4) is 0 Å². The van der Waals surface area contributed by atoms with Gasteiger partial charge in [-0.25, -0.2) is 0 Å². The minimum Gasteiger partial charge on any atom is -0.379 e. The summed E-state index contributed by atoms with van der Waals surface area (Å²) in [7, 11) is 0. The van der Waals surface area contributed by atoms with Crippen molar-refractivity contribution >= 4 is 39.0 Å². The molecule has 2 heterocycles. The molecule has 0 aromatic heterocycles. The van der Waals surface area contributed by atoms with Gasteiger partial charge >= 0.3 is 0 Å². The van der Waals surface area contributed by atoms with E-state index in [-0.39, 0.29) is 5.91 Å². The Hall–Kier alpha value is -2.48. The van der Waals surface area contributed by atoms with Gasteiger partial charge in [-0.05, 0) is 35.9 Å². The fourth-order valence-corrected chi connectivity index (χ4v) is 3.68. The number of hydrogen-bond acceptors (Lipinski definition) is 5. The van der Waals surface area contributed by atoms with E-state index in [1.807, 2.05) is 12.1 Å². The molecule has 1 fully saturated rings. The number of imide groups is 1. The SMILES string of the molecule is O=C1NC(=O)c2ccc(Br)cc2/C1=C/Nc1ccc(CN2CCOCC2)cc1. The van der Waals surface area contributed by atoms with Gasteiger partial charge in [0, 0.05) is 47.1 Å². The zero-order valence-electron chi connectivity index (χ0n) is 15.2. The molecule has 4 rings (SSSR count). The van der Waals surface area contributed by atoms with Crippen molar-refractivity contribution in [3.05, 3.63) is 69.8 Å². The quantitative estimate of drug-likeness (QED) is 0.563. The summed E-state index contributed by atoms with van der Waals surface area (Å²) < 4.78 is 6.19. The van der Waals surface area contributed by atoms with Crippen molar-refractivity contribution in [2.24, 2.45) is 0 Å². The number of nitrogens with zero attached hydrogens (tertiary/aromatic N) is 1. The predicted octanol–water partition coefficient (Wildman–Crippen LogP) is 3.00. The number of carbonyl (C=O) groups is 2. The minimum absolute atomic E-state index is 0.378. The predicted molar refractivity (Wildman–Crippen MR) is 111 cm³/mol. The molecule has 0 unspecified atom stereocenters. The van der Waals surface area contributed by atoms with Gasteiger partial charge in [-0.2, -0.15) is 0 Å². The zero-order valence-corrected chi connectivity index (χ0v) is 16.8. The highest BCUT2D eigenvalue weighted by molar-refractivity contribution is 9.10. The smallest absolute Gasteiger partial charge is 0.260 e. The molecule has 28 heavy (non-hydrogen) atoms. The lowest BCUT2D eigenvalue weighted by atomic mass is 9.95. The molecule has 0 bridgehead atoms. The molecule has 2 N–H and O–H groups in total. The minimum atomic E-state index is -0.410. The summed E-state index contributed by atoms with van der Waals surface area (Å²) in [6, 6.07) is 13.4. The number of benzene rings is 2. The molecule has 2 aliphatic rings. The molecular formula is C21H20BrN3O3. The van der Waals surface area contributed by atoms with Crippen LogP contribution in [0.1, 0.15) is 21.5 Å². The number of nitrogens with one attached hydrogen (secondary N) is 2. The third-order valence-electron chi connectivity index (χ3n) is 4.84. The van der Waals surface area contributed by atoms with Crippen molar-refractivity contribution < 1.29 is 14.3 Å². The second kappa shape index (κ2) is 8.26. The Morgan fingerprint density at radius 1 is 1.04 bits per heavy atom. The molecule has 2 aliphatic heterocycles. The van der Waals surface area contributed by atoms with Gasteiger partial charge in [0.25, 0.3) is 11.8 Å². The van der Waals surface area contributed by atoms with Crippen LogP contribution in [0, 0.1) is 0 Å².